The molecule has 4 heteroatoms. The van der Waals surface area contributed by atoms with Crippen LogP contribution in [0.15, 0.2) is 0 Å². The van der Waals surface area contributed by atoms with E-state index in [1.807, 2.05) is 0 Å². The molecule has 0 aromatic carbocycles. The molecule has 0 aromatic rings. The fourth-order valence-corrected chi connectivity index (χ4v) is 2.28. The molecule has 11 heavy (non-hydrogen) atoms. The molecule has 1 rings (SSSR count). The molecule has 0 saturated carbocycles. The number of rotatable bonds is 2. The van der Waals surface area contributed by atoms with Gasteiger partial charge in [-0.05, 0) is 19.6 Å². The second-order valence-corrected chi connectivity index (χ2v) is 8.43. The number of hydrogen-bond donors (Lipinski definition) is 1. The van der Waals surface area contributed by atoms with Crippen LogP contribution in [0.1, 0.15) is 0 Å². The monoisotopic (exact) mass is 175 g/mol. The molecule has 1 fully saturated rings. The minimum atomic E-state index is -1.42. The van der Waals surface area contributed by atoms with Gasteiger partial charge in [0.25, 0.3) is 0 Å². The van der Waals surface area contributed by atoms with Gasteiger partial charge in [0.15, 0.2) is 8.32 Å². The third-order valence-corrected chi connectivity index (χ3v) is 2.58. The van der Waals surface area contributed by atoms with Crippen molar-refractivity contribution < 1.29 is 9.16 Å². The molecule has 1 aliphatic heterocycles. The minimum Gasteiger partial charge on any atom is -0.411 e. The Balaban J connectivity index is 2.37. The van der Waals surface area contributed by atoms with E-state index < -0.39 is 8.32 Å². The van der Waals surface area contributed by atoms with Gasteiger partial charge in [0.05, 0.1) is 25.4 Å². The Kier molecular flexibility index (Phi) is 2.69. The molecular formula is C7H17NO2Si. The molecule has 0 aromatic heterocycles. The highest BCUT2D eigenvalue weighted by atomic mass is 28.4. The maximum atomic E-state index is 5.80. The summed E-state index contributed by atoms with van der Waals surface area (Å²) in [6.07, 6.45) is 0.140. The average molecular weight is 175 g/mol. The van der Waals surface area contributed by atoms with E-state index >= 15 is 0 Å². The van der Waals surface area contributed by atoms with E-state index in [4.69, 9.17) is 14.9 Å². The van der Waals surface area contributed by atoms with Gasteiger partial charge in [0.1, 0.15) is 0 Å². The van der Waals surface area contributed by atoms with Crippen molar-refractivity contribution in [3.63, 3.8) is 0 Å². The van der Waals surface area contributed by atoms with Gasteiger partial charge in [-0.2, -0.15) is 0 Å². The lowest BCUT2D eigenvalue weighted by molar-refractivity contribution is 0.136. The summed E-state index contributed by atoms with van der Waals surface area (Å²) in [6, 6.07) is 0.0849. The Labute approximate surface area is 69.0 Å². The molecule has 0 bridgehead atoms. The molecule has 1 heterocycles. The van der Waals surface area contributed by atoms with Crippen molar-refractivity contribution in [2.75, 3.05) is 13.2 Å². The van der Waals surface area contributed by atoms with Gasteiger partial charge < -0.3 is 14.9 Å². The maximum absolute atomic E-state index is 5.80. The van der Waals surface area contributed by atoms with E-state index in [-0.39, 0.29) is 12.1 Å². The highest BCUT2D eigenvalue weighted by Gasteiger charge is 2.30. The zero-order chi connectivity index (χ0) is 8.48. The molecule has 1 saturated heterocycles. The van der Waals surface area contributed by atoms with Gasteiger partial charge in [0.2, 0.25) is 0 Å². The zero-order valence-corrected chi connectivity index (χ0v) is 8.46. The summed E-state index contributed by atoms with van der Waals surface area (Å²) in [5.41, 5.74) is 5.76. The van der Waals surface area contributed by atoms with Crippen molar-refractivity contribution >= 4 is 8.32 Å². The Morgan fingerprint density at radius 1 is 1.36 bits per heavy atom. The van der Waals surface area contributed by atoms with Gasteiger partial charge in [-0.25, -0.2) is 0 Å². The lowest BCUT2D eigenvalue weighted by atomic mass is 10.2. The first-order valence-electron chi connectivity index (χ1n) is 4.00. The standard InChI is InChI=1S/C7H17NO2Si/c1-11(2,3)10-7-5-9-4-6(7)8/h6-7H,4-5,8H2,1-3H3. The van der Waals surface area contributed by atoms with Crippen molar-refractivity contribution in [1.29, 1.82) is 0 Å². The second-order valence-electron chi connectivity index (χ2n) is 3.97. The molecule has 0 radical (unpaired) electrons. The summed E-state index contributed by atoms with van der Waals surface area (Å²) < 4.78 is 11.0. The topological polar surface area (TPSA) is 44.5 Å². The van der Waals surface area contributed by atoms with Crippen LogP contribution in [-0.4, -0.2) is 33.7 Å². The lowest BCUT2D eigenvalue weighted by Crippen LogP contribution is -2.42. The molecule has 0 aliphatic carbocycles. The van der Waals surface area contributed by atoms with E-state index in [0.29, 0.717) is 13.2 Å². The van der Waals surface area contributed by atoms with Gasteiger partial charge in [0, 0.05) is 0 Å². The summed E-state index contributed by atoms with van der Waals surface area (Å²) in [5, 5.41) is 0. The first kappa shape index (κ1) is 9.19. The average Bonchev–Trinajstić information content (AvgIpc) is 2.12. The number of ether oxygens (including phenoxy) is 1. The molecule has 1 aliphatic rings. The smallest absolute Gasteiger partial charge is 0.184 e. The predicted molar refractivity (Wildman–Crippen MR) is 47.0 cm³/mol. The Morgan fingerprint density at radius 3 is 2.36 bits per heavy atom. The molecule has 2 atom stereocenters. The third kappa shape index (κ3) is 2.90. The zero-order valence-electron chi connectivity index (χ0n) is 7.46. The Morgan fingerprint density at radius 2 is 2.00 bits per heavy atom. The van der Waals surface area contributed by atoms with E-state index in [9.17, 15) is 0 Å². The summed E-state index contributed by atoms with van der Waals surface area (Å²) in [5.74, 6) is 0. The molecule has 0 amide bonds. The van der Waals surface area contributed by atoms with Crippen LogP contribution in [0.5, 0.6) is 0 Å². The highest BCUT2D eigenvalue weighted by molar-refractivity contribution is 6.69. The van der Waals surface area contributed by atoms with Crippen LogP contribution in [0.2, 0.25) is 19.6 Å². The van der Waals surface area contributed by atoms with Crippen LogP contribution in [0.3, 0.4) is 0 Å². The summed E-state index contributed by atoms with van der Waals surface area (Å²) in [7, 11) is -1.42. The Hall–Kier alpha value is 0.0969. The third-order valence-electron chi connectivity index (χ3n) is 1.57. The maximum Gasteiger partial charge on any atom is 0.184 e. The Bertz CT molecular complexity index is 135. The second kappa shape index (κ2) is 3.22. The quantitative estimate of drug-likeness (QED) is 0.624. The van der Waals surface area contributed by atoms with Gasteiger partial charge in [-0.15, -0.1) is 0 Å². The number of hydrogen-bond acceptors (Lipinski definition) is 3. The highest BCUT2D eigenvalue weighted by Crippen LogP contribution is 2.14. The summed E-state index contributed by atoms with van der Waals surface area (Å²) in [4.78, 5) is 0. The SMILES string of the molecule is C[Si](C)(C)OC1COCC1N. The molecule has 2 unspecified atom stereocenters. The molecule has 66 valence electrons. The van der Waals surface area contributed by atoms with Crippen molar-refractivity contribution in [2.45, 2.75) is 31.8 Å². The van der Waals surface area contributed by atoms with E-state index in [1.54, 1.807) is 0 Å². The number of nitrogens with two attached hydrogens (primary N) is 1. The van der Waals surface area contributed by atoms with Gasteiger partial charge >= 0.3 is 0 Å². The van der Waals surface area contributed by atoms with Crippen LogP contribution in [0.25, 0.3) is 0 Å². The van der Waals surface area contributed by atoms with Crippen LogP contribution in [-0.2, 0) is 9.16 Å². The van der Waals surface area contributed by atoms with Gasteiger partial charge in [-0.3, -0.25) is 0 Å². The molecule has 3 nitrogen and oxygen atoms in total. The molecule has 0 spiro atoms. The summed E-state index contributed by atoms with van der Waals surface area (Å²) >= 11 is 0. The first-order chi connectivity index (χ1) is 4.99. The van der Waals surface area contributed by atoms with Crippen molar-refractivity contribution in [3.05, 3.63) is 0 Å². The van der Waals surface area contributed by atoms with Crippen LogP contribution < -0.4 is 5.73 Å². The minimum absolute atomic E-state index is 0.0849. The fourth-order valence-electron chi connectivity index (χ4n) is 1.13. The van der Waals surface area contributed by atoms with Crippen LogP contribution in [0, 0.1) is 0 Å². The van der Waals surface area contributed by atoms with E-state index in [2.05, 4.69) is 19.6 Å². The largest absolute Gasteiger partial charge is 0.411 e. The summed E-state index contributed by atoms with van der Waals surface area (Å²) in [6.45, 7) is 7.81. The first-order valence-corrected chi connectivity index (χ1v) is 7.41. The van der Waals surface area contributed by atoms with Crippen molar-refractivity contribution in [1.82, 2.24) is 0 Å². The van der Waals surface area contributed by atoms with Crippen molar-refractivity contribution in [2.24, 2.45) is 5.73 Å². The van der Waals surface area contributed by atoms with E-state index in [0.717, 1.165) is 0 Å². The van der Waals surface area contributed by atoms with Crippen LogP contribution >= 0.6 is 0 Å². The molecular weight excluding hydrogens is 158 g/mol. The van der Waals surface area contributed by atoms with Crippen molar-refractivity contribution in [3.8, 4) is 0 Å². The lowest BCUT2D eigenvalue weighted by Gasteiger charge is -2.24. The normalized spacial score (nSPS) is 32.7. The molecule has 2 N–H and O–H groups in total. The fraction of sp³-hybridized carbons (Fsp3) is 1.00. The predicted octanol–water partition coefficient (Wildman–Crippen LogP) is 0.564. The van der Waals surface area contributed by atoms with Gasteiger partial charge in [-0.1, -0.05) is 0 Å². The van der Waals surface area contributed by atoms with E-state index in [1.165, 1.54) is 0 Å². The van der Waals surface area contributed by atoms with Crippen LogP contribution in [0.4, 0.5) is 0 Å².